The number of carboxylic acids is 1. The number of carbonyl (C=O) groups is 1. The van der Waals surface area contributed by atoms with Crippen molar-refractivity contribution >= 4 is 17.6 Å². The highest BCUT2D eigenvalue weighted by molar-refractivity contribution is 6.30. The van der Waals surface area contributed by atoms with Gasteiger partial charge < -0.3 is 10.4 Å². The average molecular weight is 212 g/mol. The third kappa shape index (κ3) is 1.61. The maximum atomic E-state index is 10.9. The molecule has 0 aromatic heterocycles. The Bertz CT molecular complexity index is 378. The Morgan fingerprint density at radius 3 is 3.07 bits per heavy atom. The lowest BCUT2D eigenvalue weighted by atomic mass is 9.91. The van der Waals surface area contributed by atoms with E-state index in [1.165, 1.54) is 0 Å². The fourth-order valence-corrected chi connectivity index (χ4v) is 1.94. The van der Waals surface area contributed by atoms with Gasteiger partial charge in [-0.15, -0.1) is 0 Å². The van der Waals surface area contributed by atoms with E-state index in [1.54, 1.807) is 12.1 Å². The number of benzene rings is 1. The van der Waals surface area contributed by atoms with E-state index in [4.69, 9.17) is 16.7 Å². The lowest BCUT2D eigenvalue weighted by molar-refractivity contribution is -0.138. The van der Waals surface area contributed by atoms with Crippen LogP contribution >= 0.6 is 11.6 Å². The van der Waals surface area contributed by atoms with Gasteiger partial charge in [0.25, 0.3) is 0 Å². The molecule has 0 bridgehead atoms. The molecular formula is C10H10ClNO2. The maximum absolute atomic E-state index is 10.9. The molecule has 2 N–H and O–H groups in total. The summed E-state index contributed by atoms with van der Waals surface area (Å²) in [6, 6.07) is 5.36. The van der Waals surface area contributed by atoms with Gasteiger partial charge in [-0.3, -0.25) is 4.79 Å². The van der Waals surface area contributed by atoms with Crippen molar-refractivity contribution in [2.24, 2.45) is 0 Å². The molecule has 3 nitrogen and oxygen atoms in total. The minimum Gasteiger partial charge on any atom is -0.481 e. The molecule has 1 atom stereocenters. The number of nitrogens with one attached hydrogen (secondary N) is 1. The van der Waals surface area contributed by atoms with E-state index >= 15 is 0 Å². The van der Waals surface area contributed by atoms with Crippen LogP contribution in [0.1, 0.15) is 17.0 Å². The smallest absolute Gasteiger partial charge is 0.312 e. The van der Waals surface area contributed by atoms with E-state index in [2.05, 4.69) is 5.32 Å². The molecule has 1 aliphatic heterocycles. The van der Waals surface area contributed by atoms with Gasteiger partial charge in [-0.1, -0.05) is 17.7 Å². The molecule has 0 aliphatic carbocycles. The van der Waals surface area contributed by atoms with E-state index in [0.717, 1.165) is 11.1 Å². The molecule has 0 spiro atoms. The third-order valence-electron chi connectivity index (χ3n) is 2.44. The molecule has 1 aromatic rings. The predicted octanol–water partition coefficient (Wildman–Crippen LogP) is 1.61. The first-order valence-electron chi connectivity index (χ1n) is 4.40. The van der Waals surface area contributed by atoms with Crippen LogP contribution in [0.3, 0.4) is 0 Å². The standard InChI is InChI=1S/C10H10ClNO2/c11-7-1-2-8-6(3-7)4-12-5-9(8)10(13)14/h1-3,9,12H,4-5H2,(H,13,14). The molecule has 0 saturated carbocycles. The minimum atomic E-state index is -0.791. The van der Waals surface area contributed by atoms with Crippen LogP contribution in [0.2, 0.25) is 5.02 Å². The molecule has 1 heterocycles. The zero-order chi connectivity index (χ0) is 10.1. The average Bonchev–Trinajstić information content (AvgIpc) is 2.16. The van der Waals surface area contributed by atoms with E-state index in [9.17, 15) is 4.79 Å². The zero-order valence-corrected chi connectivity index (χ0v) is 8.21. The summed E-state index contributed by atoms with van der Waals surface area (Å²) < 4.78 is 0. The van der Waals surface area contributed by atoms with Crippen molar-refractivity contribution in [3.63, 3.8) is 0 Å². The second-order valence-electron chi connectivity index (χ2n) is 3.36. The van der Waals surface area contributed by atoms with Crippen molar-refractivity contribution < 1.29 is 9.90 Å². The van der Waals surface area contributed by atoms with Gasteiger partial charge in [0.05, 0.1) is 5.92 Å². The molecule has 74 valence electrons. The highest BCUT2D eigenvalue weighted by Crippen LogP contribution is 2.26. The normalized spacial score (nSPS) is 20.2. The zero-order valence-electron chi connectivity index (χ0n) is 7.46. The number of hydrogen-bond acceptors (Lipinski definition) is 2. The number of fused-ring (bicyclic) bond motifs is 1. The van der Waals surface area contributed by atoms with Crippen LogP contribution in [0.4, 0.5) is 0 Å². The van der Waals surface area contributed by atoms with E-state index < -0.39 is 11.9 Å². The van der Waals surface area contributed by atoms with Gasteiger partial charge in [0.1, 0.15) is 0 Å². The number of carboxylic acid groups (broad SMARTS) is 1. The highest BCUT2D eigenvalue weighted by atomic mass is 35.5. The van der Waals surface area contributed by atoms with E-state index in [-0.39, 0.29) is 0 Å². The first-order chi connectivity index (χ1) is 6.68. The Hall–Kier alpha value is -1.06. The van der Waals surface area contributed by atoms with Gasteiger partial charge >= 0.3 is 5.97 Å². The van der Waals surface area contributed by atoms with E-state index in [0.29, 0.717) is 18.1 Å². The molecule has 1 aromatic carbocycles. The van der Waals surface area contributed by atoms with Crippen molar-refractivity contribution in [3.05, 3.63) is 34.3 Å². The summed E-state index contributed by atoms with van der Waals surface area (Å²) in [5.74, 6) is -1.24. The summed E-state index contributed by atoms with van der Waals surface area (Å²) in [5, 5.41) is 12.7. The van der Waals surface area contributed by atoms with Crippen LogP contribution < -0.4 is 5.32 Å². The van der Waals surface area contributed by atoms with Gasteiger partial charge in [0.15, 0.2) is 0 Å². The Morgan fingerprint density at radius 2 is 2.36 bits per heavy atom. The Kier molecular flexibility index (Phi) is 2.44. The molecule has 0 fully saturated rings. The van der Waals surface area contributed by atoms with Crippen LogP contribution in [0, 0.1) is 0 Å². The minimum absolute atomic E-state index is 0.448. The molecule has 0 saturated heterocycles. The largest absolute Gasteiger partial charge is 0.481 e. The second-order valence-corrected chi connectivity index (χ2v) is 3.80. The molecule has 14 heavy (non-hydrogen) atoms. The first kappa shape index (κ1) is 9.49. The summed E-state index contributed by atoms with van der Waals surface area (Å²) in [7, 11) is 0. The Labute approximate surface area is 86.7 Å². The summed E-state index contributed by atoms with van der Waals surface area (Å²) in [4.78, 5) is 10.9. The monoisotopic (exact) mass is 211 g/mol. The summed E-state index contributed by atoms with van der Waals surface area (Å²) >= 11 is 5.83. The summed E-state index contributed by atoms with van der Waals surface area (Å²) in [6.07, 6.45) is 0. The Morgan fingerprint density at radius 1 is 1.57 bits per heavy atom. The van der Waals surface area contributed by atoms with Crippen LogP contribution in [0.5, 0.6) is 0 Å². The number of halogens is 1. The quantitative estimate of drug-likeness (QED) is 0.742. The fraction of sp³-hybridized carbons (Fsp3) is 0.300. The number of rotatable bonds is 1. The van der Waals surface area contributed by atoms with Crippen LogP contribution in [-0.2, 0) is 11.3 Å². The van der Waals surface area contributed by atoms with Gasteiger partial charge in [-0.2, -0.15) is 0 Å². The Balaban J connectivity index is 2.44. The van der Waals surface area contributed by atoms with Crippen LogP contribution in [0.25, 0.3) is 0 Å². The third-order valence-corrected chi connectivity index (χ3v) is 2.68. The number of aliphatic carboxylic acids is 1. The van der Waals surface area contributed by atoms with Gasteiger partial charge in [0, 0.05) is 18.1 Å². The van der Waals surface area contributed by atoms with E-state index in [1.807, 2.05) is 6.07 Å². The van der Waals surface area contributed by atoms with Crippen molar-refractivity contribution in [1.82, 2.24) is 5.32 Å². The SMILES string of the molecule is O=C(O)C1CNCc2cc(Cl)ccc21. The lowest BCUT2D eigenvalue weighted by Crippen LogP contribution is -2.32. The molecule has 4 heteroatoms. The summed E-state index contributed by atoms with van der Waals surface area (Å²) in [5.41, 5.74) is 1.86. The van der Waals surface area contributed by atoms with Crippen molar-refractivity contribution in [3.8, 4) is 0 Å². The molecule has 0 amide bonds. The van der Waals surface area contributed by atoms with Crippen molar-refractivity contribution in [1.29, 1.82) is 0 Å². The molecule has 1 unspecified atom stereocenters. The topological polar surface area (TPSA) is 49.3 Å². The molecule has 1 aliphatic rings. The van der Waals surface area contributed by atoms with Gasteiger partial charge in [-0.05, 0) is 23.3 Å². The number of hydrogen-bond donors (Lipinski definition) is 2. The molecule has 2 rings (SSSR count). The van der Waals surface area contributed by atoms with Crippen LogP contribution in [0.15, 0.2) is 18.2 Å². The fourth-order valence-electron chi connectivity index (χ4n) is 1.75. The van der Waals surface area contributed by atoms with Crippen molar-refractivity contribution in [2.45, 2.75) is 12.5 Å². The summed E-state index contributed by atoms with van der Waals surface area (Å²) in [6.45, 7) is 1.18. The van der Waals surface area contributed by atoms with Gasteiger partial charge in [-0.25, -0.2) is 0 Å². The highest BCUT2D eigenvalue weighted by Gasteiger charge is 2.25. The van der Waals surface area contributed by atoms with Gasteiger partial charge in [0.2, 0.25) is 0 Å². The predicted molar refractivity (Wildman–Crippen MR) is 53.5 cm³/mol. The molecular weight excluding hydrogens is 202 g/mol. The molecule has 0 radical (unpaired) electrons. The second kappa shape index (κ2) is 3.59. The van der Waals surface area contributed by atoms with Crippen LogP contribution in [-0.4, -0.2) is 17.6 Å². The maximum Gasteiger partial charge on any atom is 0.312 e. The van der Waals surface area contributed by atoms with Crippen molar-refractivity contribution in [2.75, 3.05) is 6.54 Å². The lowest BCUT2D eigenvalue weighted by Gasteiger charge is -2.23. The first-order valence-corrected chi connectivity index (χ1v) is 4.78.